The molecule has 0 aliphatic heterocycles. The van der Waals surface area contributed by atoms with Gasteiger partial charge < -0.3 is 33.3 Å². The van der Waals surface area contributed by atoms with E-state index in [1.165, 1.54) is 199 Å². The molecular weight excluding hydrogens is 1030 g/mol. The molecule has 0 aromatic heterocycles. The summed E-state index contributed by atoms with van der Waals surface area (Å²) in [7, 11) is 5.93. The van der Waals surface area contributed by atoms with Gasteiger partial charge in [0.15, 0.2) is 12.4 Å². The summed E-state index contributed by atoms with van der Waals surface area (Å²) in [5.74, 6) is -2.27. The van der Waals surface area contributed by atoms with Gasteiger partial charge in [0.1, 0.15) is 13.2 Å². The topological polar surface area (TPSA) is 111 Å². The minimum Gasteiger partial charge on any atom is -0.545 e. The molecule has 0 aliphatic carbocycles. The van der Waals surface area contributed by atoms with E-state index in [-0.39, 0.29) is 32.2 Å². The number of aliphatic carboxylic acids is 1. The van der Waals surface area contributed by atoms with Crippen molar-refractivity contribution in [1.82, 2.24) is 0 Å². The van der Waals surface area contributed by atoms with Crippen molar-refractivity contribution >= 4 is 17.9 Å². The monoisotopic (exact) mass is 1160 g/mol. The molecule has 0 aliphatic rings. The molecule has 0 amide bonds. The zero-order valence-corrected chi connectivity index (χ0v) is 54.8. The van der Waals surface area contributed by atoms with Gasteiger partial charge in [0, 0.05) is 12.8 Å². The summed E-state index contributed by atoms with van der Waals surface area (Å²) in [6.45, 7) is 4.66. The minimum atomic E-state index is -1.62. The number of unbranched alkanes of at least 4 members (excludes halogenated alkanes) is 35. The van der Waals surface area contributed by atoms with Gasteiger partial charge in [0.05, 0.1) is 40.3 Å². The van der Waals surface area contributed by atoms with Gasteiger partial charge in [0.2, 0.25) is 0 Å². The highest BCUT2D eigenvalue weighted by Gasteiger charge is 2.22. The molecule has 83 heavy (non-hydrogen) atoms. The fourth-order valence-corrected chi connectivity index (χ4v) is 9.83. The highest BCUT2D eigenvalue weighted by Crippen LogP contribution is 2.18. The summed E-state index contributed by atoms with van der Waals surface area (Å²) >= 11 is 0. The lowest BCUT2D eigenvalue weighted by atomic mass is 10.0. The smallest absolute Gasteiger partial charge is 0.306 e. The number of nitrogens with zero attached hydrogens (tertiary/aromatic N) is 1. The lowest BCUT2D eigenvalue weighted by Gasteiger charge is -2.26. The Morgan fingerprint density at radius 1 is 0.373 bits per heavy atom. The molecule has 0 aromatic carbocycles. The van der Waals surface area contributed by atoms with Crippen molar-refractivity contribution < 1.29 is 42.9 Å². The highest BCUT2D eigenvalue weighted by atomic mass is 16.7. The number of hydrogen-bond donors (Lipinski definition) is 0. The highest BCUT2D eigenvalue weighted by molar-refractivity contribution is 5.70. The van der Waals surface area contributed by atoms with Gasteiger partial charge in [0.25, 0.3) is 0 Å². The van der Waals surface area contributed by atoms with Crippen molar-refractivity contribution in [1.29, 1.82) is 0 Å². The third-order valence-corrected chi connectivity index (χ3v) is 15.1. The van der Waals surface area contributed by atoms with Crippen LogP contribution in [0.25, 0.3) is 0 Å². The average molecular weight is 1160 g/mol. The van der Waals surface area contributed by atoms with Crippen LogP contribution in [0.1, 0.15) is 309 Å². The fraction of sp³-hybridized carbons (Fsp3) is 0.770. The Balaban J connectivity index is 4.11. The predicted octanol–water partition coefficient (Wildman–Crippen LogP) is 20.1. The SMILES string of the molecule is CC/C=C\C/C=C\C/C=C\C/C=C\C/C=C\CCCCCCCCCCCCCCCCCC(=O)OC(COC(=O)CCCCCCCCCCCCCCCCC/C=C\C/C=C\CCCCCCC)COC(OCC[N+](C)(C)C)C(=O)[O-]. The molecule has 0 saturated heterocycles. The van der Waals surface area contributed by atoms with Crippen molar-refractivity contribution in [2.75, 3.05) is 47.5 Å². The van der Waals surface area contributed by atoms with Crippen LogP contribution < -0.4 is 5.11 Å². The van der Waals surface area contributed by atoms with Gasteiger partial charge in [-0.25, -0.2) is 0 Å². The van der Waals surface area contributed by atoms with Crippen molar-refractivity contribution in [3.05, 3.63) is 85.1 Å². The van der Waals surface area contributed by atoms with Crippen LogP contribution in [0.4, 0.5) is 0 Å². The molecule has 0 heterocycles. The predicted molar refractivity (Wildman–Crippen MR) is 352 cm³/mol. The summed E-state index contributed by atoms with van der Waals surface area (Å²) in [4.78, 5) is 37.5. The normalized spacial score (nSPS) is 13.2. The largest absolute Gasteiger partial charge is 0.545 e. The number of hydrogen-bond acceptors (Lipinski definition) is 8. The Morgan fingerprint density at radius 2 is 0.687 bits per heavy atom. The Kier molecular flexibility index (Phi) is 61.7. The molecule has 0 N–H and O–H groups in total. The zero-order valence-electron chi connectivity index (χ0n) is 54.8. The summed E-state index contributed by atoms with van der Waals surface area (Å²) in [6, 6.07) is 0. The minimum absolute atomic E-state index is 0.146. The Morgan fingerprint density at radius 3 is 1.02 bits per heavy atom. The molecule has 0 fully saturated rings. The molecule has 0 bridgehead atoms. The van der Waals surface area contributed by atoms with Crippen LogP contribution in [0.2, 0.25) is 0 Å². The number of rotatable bonds is 64. The van der Waals surface area contributed by atoms with Crippen LogP contribution in [0, 0.1) is 0 Å². The molecule has 0 spiro atoms. The standard InChI is InChI=1S/C74H131NO8/c1-6-8-10-12-14-16-18-20-22-24-26-28-30-32-34-35-36-37-39-41-43-45-47-49-51-53-55-57-59-61-63-65-72(77)83-70(69-82-74(73(78)79)80-67-66-75(3,4)5)68-81-71(76)64-62-60-58-56-54-52-50-48-46-44-42-40-38-33-31-29-27-25-23-21-19-17-15-13-11-9-7-2/h8,10,14,16,19-22,25-28,32,34,70,74H,6-7,9,11-13,15,17-18,23-24,29-31,33,35-69H2,1-5H3/b10-8-,16-14-,21-19-,22-20-,27-25-,28-26-,34-32-. The summed E-state index contributed by atoms with van der Waals surface area (Å²) in [6.07, 6.45) is 83.7. The second-order valence-electron chi connectivity index (χ2n) is 24.4. The molecule has 0 saturated carbocycles. The van der Waals surface area contributed by atoms with E-state index in [2.05, 4.69) is 98.9 Å². The molecule has 2 atom stereocenters. The van der Waals surface area contributed by atoms with E-state index >= 15 is 0 Å². The van der Waals surface area contributed by atoms with E-state index in [1.807, 2.05) is 21.1 Å². The first-order valence-electron chi connectivity index (χ1n) is 34.7. The van der Waals surface area contributed by atoms with Crippen LogP contribution in [-0.4, -0.2) is 82.3 Å². The third kappa shape index (κ3) is 65.9. The number of carboxylic acids is 1. The third-order valence-electron chi connectivity index (χ3n) is 15.1. The number of ether oxygens (including phenoxy) is 4. The van der Waals surface area contributed by atoms with Gasteiger partial charge in [-0.1, -0.05) is 292 Å². The van der Waals surface area contributed by atoms with E-state index in [4.69, 9.17) is 18.9 Å². The van der Waals surface area contributed by atoms with E-state index in [0.717, 1.165) is 77.0 Å². The first-order valence-corrected chi connectivity index (χ1v) is 34.7. The van der Waals surface area contributed by atoms with Crippen molar-refractivity contribution in [3.8, 4) is 0 Å². The first kappa shape index (κ1) is 79.5. The molecule has 0 rings (SSSR count). The van der Waals surface area contributed by atoms with Gasteiger partial charge in [-0.05, 0) is 89.9 Å². The molecule has 9 nitrogen and oxygen atoms in total. The van der Waals surface area contributed by atoms with E-state index in [1.54, 1.807) is 0 Å². The van der Waals surface area contributed by atoms with Crippen molar-refractivity contribution in [3.63, 3.8) is 0 Å². The van der Waals surface area contributed by atoms with Crippen LogP contribution in [0.5, 0.6) is 0 Å². The number of quaternary nitrogens is 1. The number of carboxylic acid groups (broad SMARTS) is 1. The first-order chi connectivity index (χ1) is 40.6. The lowest BCUT2D eigenvalue weighted by molar-refractivity contribution is -0.870. The van der Waals surface area contributed by atoms with E-state index < -0.39 is 24.3 Å². The molecule has 0 radical (unpaired) electrons. The number of carbonyl (C=O) groups excluding carboxylic acids is 3. The number of esters is 2. The van der Waals surface area contributed by atoms with Gasteiger partial charge >= 0.3 is 11.9 Å². The zero-order chi connectivity index (χ0) is 60.5. The number of allylic oxidation sites excluding steroid dienone is 14. The second kappa shape index (κ2) is 64.5. The summed E-state index contributed by atoms with van der Waals surface area (Å²) < 4.78 is 22.8. The fourth-order valence-electron chi connectivity index (χ4n) is 9.83. The Hall–Kier alpha value is -3.53. The van der Waals surface area contributed by atoms with Crippen LogP contribution in [0.15, 0.2) is 85.1 Å². The van der Waals surface area contributed by atoms with Crippen molar-refractivity contribution in [2.45, 2.75) is 322 Å². The molecule has 2 unspecified atom stereocenters. The average Bonchev–Trinajstić information content (AvgIpc) is 3.46. The Labute approximate surface area is 512 Å². The number of likely N-dealkylation sites (N-methyl/N-ethyl adjacent to an activating group) is 1. The Bertz CT molecular complexity index is 1640. The van der Waals surface area contributed by atoms with Crippen molar-refractivity contribution in [2.24, 2.45) is 0 Å². The lowest BCUT2D eigenvalue weighted by Crippen LogP contribution is -2.44. The van der Waals surface area contributed by atoms with Crippen LogP contribution in [-0.2, 0) is 33.3 Å². The second-order valence-corrected chi connectivity index (χ2v) is 24.4. The molecule has 0 aromatic rings. The molecule has 9 heteroatoms. The maximum absolute atomic E-state index is 12.9. The maximum Gasteiger partial charge on any atom is 0.306 e. The summed E-state index contributed by atoms with van der Waals surface area (Å²) in [5, 5.41) is 11.8. The van der Waals surface area contributed by atoms with Crippen LogP contribution in [0.3, 0.4) is 0 Å². The van der Waals surface area contributed by atoms with Gasteiger partial charge in [-0.3, -0.25) is 9.59 Å². The number of carbonyl (C=O) groups is 3. The van der Waals surface area contributed by atoms with Gasteiger partial charge in [-0.2, -0.15) is 0 Å². The quantitative estimate of drug-likeness (QED) is 0.0195. The molecule has 480 valence electrons. The maximum atomic E-state index is 12.9. The van der Waals surface area contributed by atoms with E-state index in [0.29, 0.717) is 23.9 Å². The van der Waals surface area contributed by atoms with Crippen LogP contribution >= 0.6 is 0 Å². The van der Waals surface area contributed by atoms with E-state index in [9.17, 15) is 19.5 Å². The molecular formula is C74H131NO8. The summed E-state index contributed by atoms with van der Waals surface area (Å²) in [5.41, 5.74) is 0. The van der Waals surface area contributed by atoms with Gasteiger partial charge in [-0.15, -0.1) is 0 Å².